The van der Waals surface area contributed by atoms with E-state index in [1.807, 2.05) is 0 Å². The number of hydrogen-bond donors (Lipinski definition) is 2. The third kappa shape index (κ3) is 6.35. The molecule has 0 radical (unpaired) electrons. The van der Waals surface area contributed by atoms with Gasteiger partial charge in [0.1, 0.15) is 0 Å². The maximum Gasteiger partial charge on any atom is 0.221 e. The van der Waals surface area contributed by atoms with Gasteiger partial charge in [0.2, 0.25) is 5.91 Å². The first-order valence-corrected chi connectivity index (χ1v) is 8.21. The van der Waals surface area contributed by atoms with Gasteiger partial charge in [-0.05, 0) is 11.8 Å². The lowest BCUT2D eigenvalue weighted by Crippen LogP contribution is -2.47. The van der Waals surface area contributed by atoms with E-state index in [4.69, 9.17) is 0 Å². The molecule has 5 nitrogen and oxygen atoms in total. The van der Waals surface area contributed by atoms with Gasteiger partial charge in [-0.15, -0.1) is 0 Å². The number of sulfone groups is 1. The molecule has 0 aromatic carbocycles. The Balaban J connectivity index is 2.28. The van der Waals surface area contributed by atoms with Gasteiger partial charge in [-0.3, -0.25) is 4.79 Å². The van der Waals surface area contributed by atoms with E-state index >= 15 is 0 Å². The summed E-state index contributed by atoms with van der Waals surface area (Å²) in [5.74, 6) is 0.170. The molecule has 0 aromatic rings. The highest BCUT2D eigenvalue weighted by atomic mass is 32.2. The molecule has 0 saturated carbocycles. The summed E-state index contributed by atoms with van der Waals surface area (Å²) in [5.41, 5.74) is 0.194. The smallest absolute Gasteiger partial charge is 0.221 e. The topological polar surface area (TPSA) is 75.3 Å². The lowest BCUT2D eigenvalue weighted by Gasteiger charge is -2.23. The molecule has 0 bridgehead atoms. The minimum Gasteiger partial charge on any atom is -0.356 e. The van der Waals surface area contributed by atoms with Gasteiger partial charge in [0.05, 0.1) is 11.5 Å². The van der Waals surface area contributed by atoms with Crippen molar-refractivity contribution in [2.45, 2.75) is 39.7 Å². The van der Waals surface area contributed by atoms with Crippen molar-refractivity contribution >= 4 is 15.7 Å². The second-order valence-electron chi connectivity index (χ2n) is 6.13. The fraction of sp³-hybridized carbons (Fsp3) is 0.917. The third-order valence-corrected chi connectivity index (χ3v) is 4.67. The van der Waals surface area contributed by atoms with E-state index in [-0.39, 0.29) is 35.3 Å². The van der Waals surface area contributed by atoms with Gasteiger partial charge in [-0.1, -0.05) is 20.8 Å². The molecule has 1 saturated heterocycles. The van der Waals surface area contributed by atoms with Crippen LogP contribution in [0.4, 0.5) is 0 Å². The van der Waals surface area contributed by atoms with Crippen molar-refractivity contribution in [3.05, 3.63) is 0 Å². The fourth-order valence-electron chi connectivity index (χ4n) is 1.87. The van der Waals surface area contributed by atoms with E-state index in [1.165, 1.54) is 0 Å². The lowest BCUT2D eigenvalue weighted by atomic mass is 9.92. The molecule has 1 heterocycles. The third-order valence-electron chi connectivity index (χ3n) is 2.93. The van der Waals surface area contributed by atoms with Gasteiger partial charge in [-0.2, -0.15) is 0 Å². The molecule has 1 atom stereocenters. The Bertz CT molecular complexity index is 385. The fourth-order valence-corrected chi connectivity index (χ4v) is 3.32. The molecular formula is C12H24N2O3S. The summed E-state index contributed by atoms with van der Waals surface area (Å²) in [5, 5.41) is 5.91. The van der Waals surface area contributed by atoms with Crippen molar-refractivity contribution in [2.24, 2.45) is 5.41 Å². The molecule has 1 fully saturated rings. The first-order valence-electron chi connectivity index (χ1n) is 6.38. The highest BCUT2D eigenvalue weighted by Gasteiger charge is 2.25. The zero-order chi connectivity index (χ0) is 13.8. The summed E-state index contributed by atoms with van der Waals surface area (Å²) in [7, 11) is -2.96. The van der Waals surface area contributed by atoms with Crippen LogP contribution < -0.4 is 10.6 Å². The second kappa shape index (κ2) is 6.02. The lowest BCUT2D eigenvalue weighted by molar-refractivity contribution is -0.121. The van der Waals surface area contributed by atoms with Gasteiger partial charge in [-0.25, -0.2) is 8.42 Å². The maximum atomic E-state index is 11.7. The van der Waals surface area contributed by atoms with Crippen molar-refractivity contribution < 1.29 is 13.2 Å². The Morgan fingerprint density at radius 3 is 2.61 bits per heavy atom. The van der Waals surface area contributed by atoms with Gasteiger partial charge in [0.15, 0.2) is 9.84 Å². The monoisotopic (exact) mass is 276 g/mol. The van der Waals surface area contributed by atoms with Crippen molar-refractivity contribution in [3.8, 4) is 0 Å². The van der Waals surface area contributed by atoms with Crippen LogP contribution in [0.25, 0.3) is 0 Å². The average Bonchev–Trinajstić information content (AvgIpc) is 2.13. The van der Waals surface area contributed by atoms with Crippen LogP contribution in [-0.2, 0) is 14.6 Å². The molecule has 1 rings (SSSR count). The molecule has 106 valence electrons. The van der Waals surface area contributed by atoms with Crippen molar-refractivity contribution in [2.75, 3.05) is 24.6 Å². The highest BCUT2D eigenvalue weighted by Crippen LogP contribution is 2.17. The molecule has 1 unspecified atom stereocenters. The molecule has 1 aliphatic rings. The van der Waals surface area contributed by atoms with Crippen molar-refractivity contribution in [1.82, 2.24) is 10.6 Å². The van der Waals surface area contributed by atoms with E-state index in [0.29, 0.717) is 13.1 Å². The van der Waals surface area contributed by atoms with Crippen LogP contribution in [0.15, 0.2) is 0 Å². The predicted octanol–water partition coefficient (Wildman–Crippen LogP) is 0.316. The summed E-state index contributed by atoms with van der Waals surface area (Å²) in [6.45, 7) is 7.45. The molecule has 0 aliphatic carbocycles. The SMILES string of the molecule is CC(C)(C)CCNC(=O)CC1CS(=O)(=O)CCN1. The molecular weight excluding hydrogens is 252 g/mol. The molecule has 2 N–H and O–H groups in total. The highest BCUT2D eigenvalue weighted by molar-refractivity contribution is 7.91. The Labute approximate surface area is 110 Å². The van der Waals surface area contributed by atoms with E-state index < -0.39 is 9.84 Å². The normalized spacial score (nSPS) is 23.6. The number of carbonyl (C=O) groups excluding carboxylic acids is 1. The minimum absolute atomic E-state index is 0.0691. The van der Waals surface area contributed by atoms with E-state index in [0.717, 1.165) is 6.42 Å². The Morgan fingerprint density at radius 1 is 1.39 bits per heavy atom. The molecule has 1 amide bonds. The number of nitrogens with one attached hydrogen (secondary N) is 2. The largest absolute Gasteiger partial charge is 0.356 e. The Hall–Kier alpha value is -0.620. The zero-order valence-electron chi connectivity index (χ0n) is 11.5. The number of amides is 1. The average molecular weight is 276 g/mol. The van der Waals surface area contributed by atoms with Gasteiger partial charge in [0, 0.05) is 25.6 Å². The van der Waals surface area contributed by atoms with E-state index in [2.05, 4.69) is 31.4 Å². The van der Waals surface area contributed by atoms with E-state index in [9.17, 15) is 13.2 Å². The number of rotatable bonds is 4. The van der Waals surface area contributed by atoms with Crippen LogP contribution in [0.3, 0.4) is 0 Å². The summed E-state index contributed by atoms with van der Waals surface area (Å²) >= 11 is 0. The van der Waals surface area contributed by atoms with Crippen LogP contribution in [0.2, 0.25) is 0 Å². The van der Waals surface area contributed by atoms with Crippen molar-refractivity contribution in [1.29, 1.82) is 0 Å². The summed E-state index contributed by atoms with van der Waals surface area (Å²) < 4.78 is 22.8. The number of carbonyl (C=O) groups is 1. The first-order chi connectivity index (χ1) is 8.18. The molecule has 1 aliphatic heterocycles. The van der Waals surface area contributed by atoms with Crippen molar-refractivity contribution in [3.63, 3.8) is 0 Å². The zero-order valence-corrected chi connectivity index (χ0v) is 12.3. The standard InChI is InChI=1S/C12H24N2O3S/c1-12(2,3)4-5-14-11(15)8-10-9-18(16,17)7-6-13-10/h10,13H,4-9H2,1-3H3,(H,14,15). The van der Waals surface area contributed by atoms with Crippen LogP contribution >= 0.6 is 0 Å². The Kier molecular flexibility index (Phi) is 5.16. The second-order valence-corrected chi connectivity index (χ2v) is 8.36. The quantitative estimate of drug-likeness (QED) is 0.775. The van der Waals surface area contributed by atoms with Gasteiger partial charge < -0.3 is 10.6 Å². The first kappa shape index (κ1) is 15.4. The van der Waals surface area contributed by atoms with Crippen LogP contribution in [0.1, 0.15) is 33.6 Å². The number of hydrogen-bond acceptors (Lipinski definition) is 4. The minimum atomic E-state index is -2.96. The van der Waals surface area contributed by atoms with Crippen LogP contribution in [0.5, 0.6) is 0 Å². The Morgan fingerprint density at radius 2 is 2.06 bits per heavy atom. The van der Waals surface area contributed by atoms with Crippen LogP contribution in [-0.4, -0.2) is 45.0 Å². The van der Waals surface area contributed by atoms with Gasteiger partial charge in [0.25, 0.3) is 0 Å². The van der Waals surface area contributed by atoms with Gasteiger partial charge >= 0.3 is 0 Å². The summed E-state index contributed by atoms with van der Waals surface area (Å²) in [6, 6.07) is -0.238. The van der Waals surface area contributed by atoms with Crippen LogP contribution in [0, 0.1) is 5.41 Å². The summed E-state index contributed by atoms with van der Waals surface area (Å²) in [4.78, 5) is 11.7. The maximum absolute atomic E-state index is 11.7. The summed E-state index contributed by atoms with van der Waals surface area (Å²) in [6.07, 6.45) is 1.15. The predicted molar refractivity (Wildman–Crippen MR) is 72.1 cm³/mol. The molecule has 0 aromatic heterocycles. The molecule has 6 heteroatoms. The molecule has 18 heavy (non-hydrogen) atoms. The molecule has 0 spiro atoms. The van der Waals surface area contributed by atoms with E-state index in [1.54, 1.807) is 0 Å².